The van der Waals surface area contributed by atoms with Gasteiger partial charge in [0.2, 0.25) is 0 Å². The monoisotopic (exact) mass is 236 g/mol. The van der Waals surface area contributed by atoms with Crippen molar-refractivity contribution in [1.29, 1.82) is 0 Å². The second kappa shape index (κ2) is 4.13. The number of aliphatic carboxylic acids is 1. The fraction of sp³-hybridized carbons (Fsp3) is 0.500. The van der Waals surface area contributed by atoms with Crippen molar-refractivity contribution in [3.63, 3.8) is 0 Å². The summed E-state index contributed by atoms with van der Waals surface area (Å²) in [4.78, 5) is 10.8. The zero-order chi connectivity index (χ0) is 12.6. The van der Waals surface area contributed by atoms with E-state index in [2.05, 4.69) is 0 Å². The predicted octanol–water partition coefficient (Wildman–Crippen LogP) is 3.46. The highest BCUT2D eigenvalue weighted by atomic mass is 19.1. The van der Waals surface area contributed by atoms with Crippen LogP contribution in [0.25, 0.3) is 0 Å². The van der Waals surface area contributed by atoms with Gasteiger partial charge in [-0.15, -0.1) is 0 Å². The summed E-state index contributed by atoms with van der Waals surface area (Å²) in [6.07, 6.45) is 1.93. The number of carbonyl (C=O) groups is 1. The van der Waals surface area contributed by atoms with Crippen LogP contribution >= 0.6 is 0 Å². The van der Waals surface area contributed by atoms with E-state index >= 15 is 0 Å². The minimum atomic E-state index is -0.780. The Bertz CT molecular complexity index is 448. The molecule has 1 aromatic rings. The zero-order valence-electron chi connectivity index (χ0n) is 10.2. The SMILES string of the molecule is CC(C)c1cc(C2(CC(=O)O)CC2)ccc1F. The quantitative estimate of drug-likeness (QED) is 0.869. The minimum absolute atomic E-state index is 0.121. The van der Waals surface area contributed by atoms with Gasteiger partial charge in [0, 0.05) is 5.41 Å². The van der Waals surface area contributed by atoms with E-state index in [0.717, 1.165) is 18.4 Å². The predicted molar refractivity (Wildman–Crippen MR) is 63.7 cm³/mol. The smallest absolute Gasteiger partial charge is 0.304 e. The van der Waals surface area contributed by atoms with Gasteiger partial charge in [0.25, 0.3) is 0 Å². The molecule has 1 fully saturated rings. The Labute approximate surface area is 100 Å². The van der Waals surface area contributed by atoms with E-state index in [4.69, 9.17) is 5.11 Å². The number of hydrogen-bond acceptors (Lipinski definition) is 1. The van der Waals surface area contributed by atoms with Crippen LogP contribution in [0.2, 0.25) is 0 Å². The molecule has 0 atom stereocenters. The minimum Gasteiger partial charge on any atom is -0.481 e. The summed E-state index contributed by atoms with van der Waals surface area (Å²) in [6, 6.07) is 5.04. The highest BCUT2D eigenvalue weighted by molar-refractivity contribution is 5.70. The third-order valence-corrected chi connectivity index (χ3v) is 3.57. The third-order valence-electron chi connectivity index (χ3n) is 3.57. The lowest BCUT2D eigenvalue weighted by molar-refractivity contribution is -0.137. The first-order valence-electron chi connectivity index (χ1n) is 5.96. The lowest BCUT2D eigenvalue weighted by atomic mass is 9.89. The van der Waals surface area contributed by atoms with Crippen molar-refractivity contribution in [2.75, 3.05) is 0 Å². The van der Waals surface area contributed by atoms with Gasteiger partial charge < -0.3 is 5.11 Å². The van der Waals surface area contributed by atoms with E-state index < -0.39 is 5.97 Å². The second-order valence-corrected chi connectivity index (χ2v) is 5.24. The molecule has 0 saturated heterocycles. The molecule has 0 spiro atoms. The molecule has 0 unspecified atom stereocenters. The zero-order valence-corrected chi connectivity index (χ0v) is 10.2. The Balaban J connectivity index is 2.34. The molecular formula is C14H17FO2. The molecule has 0 amide bonds. The first-order valence-corrected chi connectivity index (χ1v) is 5.96. The van der Waals surface area contributed by atoms with Crippen LogP contribution in [0.15, 0.2) is 18.2 Å². The van der Waals surface area contributed by atoms with Crippen LogP contribution in [0, 0.1) is 5.82 Å². The highest BCUT2D eigenvalue weighted by Gasteiger charge is 2.46. The Morgan fingerprint density at radius 1 is 1.47 bits per heavy atom. The first-order chi connectivity index (χ1) is 7.94. The molecule has 2 nitrogen and oxygen atoms in total. The number of benzene rings is 1. The number of halogens is 1. The molecule has 1 N–H and O–H groups in total. The summed E-state index contributed by atoms with van der Waals surface area (Å²) in [5, 5.41) is 8.91. The molecular weight excluding hydrogens is 219 g/mol. The number of hydrogen-bond donors (Lipinski definition) is 1. The molecule has 0 heterocycles. The van der Waals surface area contributed by atoms with Crippen LogP contribution < -0.4 is 0 Å². The fourth-order valence-electron chi connectivity index (χ4n) is 2.32. The molecule has 1 aliphatic rings. The standard InChI is InChI=1S/C14H17FO2/c1-9(2)11-7-10(3-4-12(11)15)14(5-6-14)8-13(16)17/h3-4,7,9H,5-6,8H2,1-2H3,(H,16,17). The van der Waals surface area contributed by atoms with Gasteiger partial charge >= 0.3 is 5.97 Å². The van der Waals surface area contributed by atoms with Crippen LogP contribution in [0.4, 0.5) is 4.39 Å². The van der Waals surface area contributed by atoms with Crippen molar-refractivity contribution >= 4 is 5.97 Å². The van der Waals surface area contributed by atoms with Crippen molar-refractivity contribution < 1.29 is 14.3 Å². The number of carboxylic acid groups (broad SMARTS) is 1. The fourth-order valence-corrected chi connectivity index (χ4v) is 2.32. The normalized spacial score (nSPS) is 17.2. The Hall–Kier alpha value is -1.38. The van der Waals surface area contributed by atoms with Crippen LogP contribution in [0.3, 0.4) is 0 Å². The Morgan fingerprint density at radius 3 is 2.59 bits per heavy atom. The van der Waals surface area contributed by atoms with Gasteiger partial charge in [-0.3, -0.25) is 4.79 Å². The number of carboxylic acids is 1. The van der Waals surface area contributed by atoms with Crippen LogP contribution in [0.1, 0.15) is 50.2 Å². The summed E-state index contributed by atoms with van der Waals surface area (Å²) in [5.74, 6) is -0.858. The van der Waals surface area contributed by atoms with E-state index in [9.17, 15) is 9.18 Å². The van der Waals surface area contributed by atoms with Gasteiger partial charge in [-0.25, -0.2) is 4.39 Å². The summed E-state index contributed by atoms with van der Waals surface area (Å²) in [7, 11) is 0. The maximum Gasteiger partial charge on any atom is 0.304 e. The average molecular weight is 236 g/mol. The van der Waals surface area contributed by atoms with Crippen molar-refractivity contribution in [3.8, 4) is 0 Å². The van der Waals surface area contributed by atoms with Crippen molar-refractivity contribution in [1.82, 2.24) is 0 Å². The lowest BCUT2D eigenvalue weighted by Gasteiger charge is -2.16. The molecule has 0 bridgehead atoms. The molecule has 92 valence electrons. The van der Waals surface area contributed by atoms with E-state index in [0.29, 0.717) is 5.56 Å². The topological polar surface area (TPSA) is 37.3 Å². The summed E-state index contributed by atoms with van der Waals surface area (Å²) in [5.41, 5.74) is 1.42. The molecule has 0 aliphatic heterocycles. The molecule has 17 heavy (non-hydrogen) atoms. The van der Waals surface area contributed by atoms with E-state index in [1.807, 2.05) is 19.9 Å². The van der Waals surface area contributed by atoms with E-state index in [-0.39, 0.29) is 23.6 Å². The molecule has 0 radical (unpaired) electrons. The molecule has 1 aromatic carbocycles. The van der Waals surface area contributed by atoms with Gasteiger partial charge in [0.1, 0.15) is 5.82 Å². The maximum absolute atomic E-state index is 13.6. The van der Waals surface area contributed by atoms with Gasteiger partial charge in [0.05, 0.1) is 6.42 Å². The van der Waals surface area contributed by atoms with Gasteiger partial charge in [-0.2, -0.15) is 0 Å². The largest absolute Gasteiger partial charge is 0.481 e. The molecule has 1 aliphatic carbocycles. The van der Waals surface area contributed by atoms with E-state index in [1.54, 1.807) is 6.07 Å². The average Bonchev–Trinajstić information content (AvgIpc) is 2.97. The van der Waals surface area contributed by atoms with Crippen LogP contribution in [-0.2, 0) is 10.2 Å². The van der Waals surface area contributed by atoms with Crippen LogP contribution in [-0.4, -0.2) is 11.1 Å². The Morgan fingerprint density at radius 2 is 2.12 bits per heavy atom. The number of rotatable bonds is 4. The van der Waals surface area contributed by atoms with Gasteiger partial charge in [0.15, 0.2) is 0 Å². The van der Waals surface area contributed by atoms with Gasteiger partial charge in [-0.1, -0.05) is 26.0 Å². The van der Waals surface area contributed by atoms with E-state index in [1.165, 1.54) is 6.07 Å². The summed E-state index contributed by atoms with van der Waals surface area (Å²) < 4.78 is 13.6. The van der Waals surface area contributed by atoms with Crippen molar-refractivity contribution in [2.24, 2.45) is 0 Å². The van der Waals surface area contributed by atoms with Gasteiger partial charge in [-0.05, 0) is 36.0 Å². The molecule has 1 saturated carbocycles. The van der Waals surface area contributed by atoms with Crippen molar-refractivity contribution in [3.05, 3.63) is 35.1 Å². The Kier molecular flexibility index (Phi) is 2.94. The van der Waals surface area contributed by atoms with Crippen molar-refractivity contribution in [2.45, 2.75) is 44.4 Å². The summed E-state index contributed by atoms with van der Waals surface area (Å²) in [6.45, 7) is 3.89. The molecule has 3 heteroatoms. The highest BCUT2D eigenvalue weighted by Crippen LogP contribution is 2.51. The van der Waals surface area contributed by atoms with Crippen LogP contribution in [0.5, 0.6) is 0 Å². The molecule has 0 aromatic heterocycles. The maximum atomic E-state index is 13.6. The third kappa shape index (κ3) is 2.33. The molecule has 2 rings (SSSR count). The first kappa shape index (κ1) is 12.1. The lowest BCUT2D eigenvalue weighted by Crippen LogP contribution is -2.13. The summed E-state index contributed by atoms with van der Waals surface area (Å²) >= 11 is 0. The second-order valence-electron chi connectivity index (χ2n) is 5.24.